The van der Waals surface area contributed by atoms with Crippen LogP contribution in [0.2, 0.25) is 0 Å². The third-order valence-electron chi connectivity index (χ3n) is 2.62. The van der Waals surface area contributed by atoms with E-state index in [0.29, 0.717) is 0 Å². The van der Waals surface area contributed by atoms with Crippen LogP contribution in [0.4, 0.5) is 0 Å². The van der Waals surface area contributed by atoms with Gasteiger partial charge in [0.1, 0.15) is 5.60 Å². The summed E-state index contributed by atoms with van der Waals surface area (Å²) in [5.41, 5.74) is 1.24. The maximum Gasteiger partial charge on any atom is 0.103 e. The zero-order valence-corrected chi connectivity index (χ0v) is 9.09. The van der Waals surface area contributed by atoms with Crippen LogP contribution < -0.4 is 0 Å². The maximum atomic E-state index is 5.83. The first-order chi connectivity index (χ1) is 6.37. The van der Waals surface area contributed by atoms with Crippen LogP contribution in [-0.2, 0) is 10.3 Å². The van der Waals surface area contributed by atoms with Gasteiger partial charge in [0.25, 0.3) is 0 Å². The number of halogens is 1. The van der Waals surface area contributed by atoms with Gasteiger partial charge in [-0.25, -0.2) is 0 Å². The molecule has 2 rings (SSSR count). The van der Waals surface area contributed by atoms with Crippen molar-refractivity contribution in [2.45, 2.75) is 18.4 Å². The molecule has 0 amide bonds. The highest BCUT2D eigenvalue weighted by molar-refractivity contribution is 9.09. The Kier molecular flexibility index (Phi) is 2.70. The Hall–Kier alpha value is -0.340. The summed E-state index contributed by atoms with van der Waals surface area (Å²) < 4.78 is 5.83. The molecule has 1 aliphatic heterocycles. The largest absolute Gasteiger partial charge is 0.369 e. The van der Waals surface area contributed by atoms with Crippen molar-refractivity contribution in [3.63, 3.8) is 0 Å². The van der Waals surface area contributed by atoms with Crippen LogP contribution in [0.15, 0.2) is 30.3 Å². The van der Waals surface area contributed by atoms with Gasteiger partial charge in [0, 0.05) is 11.9 Å². The highest BCUT2D eigenvalue weighted by Gasteiger charge is 2.35. The van der Waals surface area contributed by atoms with Gasteiger partial charge < -0.3 is 4.74 Å². The fraction of sp³-hybridized carbons (Fsp3) is 0.455. The van der Waals surface area contributed by atoms with E-state index in [1.807, 2.05) is 6.07 Å². The monoisotopic (exact) mass is 240 g/mol. The quantitative estimate of drug-likeness (QED) is 0.723. The lowest BCUT2D eigenvalue weighted by Crippen LogP contribution is -2.26. The van der Waals surface area contributed by atoms with Crippen LogP contribution in [0.1, 0.15) is 18.4 Å². The molecule has 1 fully saturated rings. The van der Waals surface area contributed by atoms with Gasteiger partial charge >= 0.3 is 0 Å². The van der Waals surface area contributed by atoms with Gasteiger partial charge in [-0.3, -0.25) is 0 Å². The number of rotatable bonds is 2. The summed E-state index contributed by atoms with van der Waals surface area (Å²) in [6.07, 6.45) is 2.29. The SMILES string of the molecule is BrCC1(c2ccccc2)CCCO1. The summed E-state index contributed by atoms with van der Waals surface area (Å²) in [5, 5.41) is 0.893. The average Bonchev–Trinajstić information content (AvgIpc) is 2.69. The lowest BCUT2D eigenvalue weighted by molar-refractivity contribution is 0.0222. The van der Waals surface area contributed by atoms with Crippen LogP contribution in [0.3, 0.4) is 0 Å². The molecule has 1 atom stereocenters. The second-order valence-corrected chi connectivity index (χ2v) is 4.01. The van der Waals surface area contributed by atoms with E-state index in [9.17, 15) is 0 Å². The van der Waals surface area contributed by atoms with E-state index in [2.05, 4.69) is 40.2 Å². The molecule has 0 saturated carbocycles. The first-order valence-electron chi connectivity index (χ1n) is 4.63. The summed E-state index contributed by atoms with van der Waals surface area (Å²) in [6.45, 7) is 0.889. The fourth-order valence-electron chi connectivity index (χ4n) is 1.85. The van der Waals surface area contributed by atoms with Crippen molar-refractivity contribution < 1.29 is 4.74 Å². The molecule has 2 heteroatoms. The Bertz CT molecular complexity index is 265. The molecule has 1 heterocycles. The van der Waals surface area contributed by atoms with Crippen molar-refractivity contribution >= 4 is 15.9 Å². The highest BCUT2D eigenvalue weighted by Crippen LogP contribution is 2.37. The topological polar surface area (TPSA) is 9.23 Å². The van der Waals surface area contributed by atoms with E-state index in [1.54, 1.807) is 0 Å². The van der Waals surface area contributed by atoms with E-state index < -0.39 is 0 Å². The molecular formula is C11H13BrO. The van der Waals surface area contributed by atoms with E-state index in [1.165, 1.54) is 12.0 Å². The van der Waals surface area contributed by atoms with E-state index in [0.717, 1.165) is 18.4 Å². The molecule has 0 aromatic heterocycles. The molecule has 0 N–H and O–H groups in total. The minimum atomic E-state index is -0.0543. The predicted octanol–water partition coefficient (Wildman–Crippen LogP) is 3.09. The Morgan fingerprint density at radius 1 is 1.31 bits per heavy atom. The predicted molar refractivity (Wildman–Crippen MR) is 57.1 cm³/mol. The summed E-state index contributed by atoms with van der Waals surface area (Å²) in [5.74, 6) is 0. The third kappa shape index (κ3) is 1.65. The molecule has 0 bridgehead atoms. The van der Waals surface area contributed by atoms with Crippen LogP contribution in [-0.4, -0.2) is 11.9 Å². The molecule has 0 spiro atoms. The van der Waals surface area contributed by atoms with Crippen molar-refractivity contribution in [3.8, 4) is 0 Å². The Labute approximate surface area is 87.2 Å². The van der Waals surface area contributed by atoms with Gasteiger partial charge in [-0.15, -0.1) is 0 Å². The number of alkyl halides is 1. The lowest BCUT2D eigenvalue weighted by Gasteiger charge is -2.26. The van der Waals surface area contributed by atoms with E-state index in [4.69, 9.17) is 4.74 Å². The van der Waals surface area contributed by atoms with Crippen molar-refractivity contribution in [1.29, 1.82) is 0 Å². The van der Waals surface area contributed by atoms with Crippen molar-refractivity contribution in [1.82, 2.24) is 0 Å². The molecule has 70 valence electrons. The average molecular weight is 241 g/mol. The zero-order valence-electron chi connectivity index (χ0n) is 7.50. The summed E-state index contributed by atoms with van der Waals surface area (Å²) in [4.78, 5) is 0. The second-order valence-electron chi connectivity index (χ2n) is 3.45. The summed E-state index contributed by atoms with van der Waals surface area (Å²) in [7, 11) is 0. The van der Waals surface area contributed by atoms with Gasteiger partial charge in [0.15, 0.2) is 0 Å². The second kappa shape index (κ2) is 3.81. The minimum Gasteiger partial charge on any atom is -0.369 e. The maximum absolute atomic E-state index is 5.83. The number of ether oxygens (including phenoxy) is 1. The van der Waals surface area contributed by atoms with Gasteiger partial charge in [-0.1, -0.05) is 46.3 Å². The molecule has 1 aromatic carbocycles. The zero-order chi connectivity index (χ0) is 9.15. The molecule has 1 aromatic rings. The Morgan fingerprint density at radius 2 is 2.08 bits per heavy atom. The van der Waals surface area contributed by atoms with Crippen LogP contribution >= 0.6 is 15.9 Å². The molecule has 1 unspecified atom stereocenters. The summed E-state index contributed by atoms with van der Waals surface area (Å²) in [6, 6.07) is 10.5. The highest BCUT2D eigenvalue weighted by atomic mass is 79.9. The van der Waals surface area contributed by atoms with Gasteiger partial charge in [0.2, 0.25) is 0 Å². The molecule has 0 aliphatic carbocycles. The lowest BCUT2D eigenvalue weighted by atomic mass is 9.93. The van der Waals surface area contributed by atoms with Crippen molar-refractivity contribution in [2.75, 3.05) is 11.9 Å². The fourth-order valence-corrected chi connectivity index (χ4v) is 2.62. The van der Waals surface area contributed by atoms with Crippen LogP contribution in [0.25, 0.3) is 0 Å². The molecule has 1 nitrogen and oxygen atoms in total. The van der Waals surface area contributed by atoms with Gasteiger partial charge in [-0.2, -0.15) is 0 Å². The van der Waals surface area contributed by atoms with E-state index >= 15 is 0 Å². The third-order valence-corrected chi connectivity index (χ3v) is 3.52. The molecule has 13 heavy (non-hydrogen) atoms. The molecular weight excluding hydrogens is 228 g/mol. The first-order valence-corrected chi connectivity index (χ1v) is 5.75. The smallest absolute Gasteiger partial charge is 0.103 e. The normalized spacial score (nSPS) is 27.8. The minimum absolute atomic E-state index is 0.0543. The van der Waals surface area contributed by atoms with E-state index in [-0.39, 0.29) is 5.60 Å². The van der Waals surface area contributed by atoms with Gasteiger partial charge in [0.05, 0.1) is 0 Å². The molecule has 0 radical (unpaired) electrons. The summed E-state index contributed by atoms with van der Waals surface area (Å²) >= 11 is 3.55. The van der Waals surface area contributed by atoms with Crippen LogP contribution in [0, 0.1) is 0 Å². The number of hydrogen-bond donors (Lipinski definition) is 0. The molecule has 1 aliphatic rings. The first kappa shape index (κ1) is 9.22. The Morgan fingerprint density at radius 3 is 2.62 bits per heavy atom. The Balaban J connectivity index is 2.31. The molecule has 1 saturated heterocycles. The van der Waals surface area contributed by atoms with Crippen molar-refractivity contribution in [2.24, 2.45) is 0 Å². The number of hydrogen-bond acceptors (Lipinski definition) is 1. The van der Waals surface area contributed by atoms with Crippen LogP contribution in [0.5, 0.6) is 0 Å². The standard InChI is InChI=1S/C11H13BrO/c12-9-11(7-4-8-13-11)10-5-2-1-3-6-10/h1-3,5-6H,4,7-9H2. The van der Waals surface area contributed by atoms with Gasteiger partial charge in [-0.05, 0) is 18.4 Å². The number of benzene rings is 1. The van der Waals surface area contributed by atoms with Crippen molar-refractivity contribution in [3.05, 3.63) is 35.9 Å².